The second kappa shape index (κ2) is 4.55. The Kier molecular flexibility index (Phi) is 3.38. The molecule has 1 saturated heterocycles. The molecule has 0 saturated carbocycles. The molecule has 0 unspecified atom stereocenters. The Hall–Kier alpha value is -1.07. The molecule has 5 heteroatoms. The summed E-state index contributed by atoms with van der Waals surface area (Å²) in [5.74, 6) is 0.789. The van der Waals surface area contributed by atoms with Gasteiger partial charge < -0.3 is 14.0 Å². The second-order valence-corrected chi connectivity index (χ2v) is 5.44. The molecule has 1 aliphatic rings. The first kappa shape index (κ1) is 13.4. The first-order valence-corrected chi connectivity index (χ1v) is 6.30. The average molecular weight is 249 g/mol. The summed E-state index contributed by atoms with van der Waals surface area (Å²) in [4.78, 5) is 4.30. The molecule has 0 N–H and O–H groups in total. The molecule has 0 aromatic carbocycles. The van der Waals surface area contributed by atoms with Gasteiger partial charge in [0.15, 0.2) is 0 Å². The highest BCUT2D eigenvalue weighted by Gasteiger charge is 2.52. The van der Waals surface area contributed by atoms with E-state index in [1.54, 1.807) is 6.20 Å². The molecule has 4 nitrogen and oxygen atoms in total. The summed E-state index contributed by atoms with van der Waals surface area (Å²) < 4.78 is 17.3. The van der Waals surface area contributed by atoms with Crippen LogP contribution in [0.25, 0.3) is 0 Å². The molecule has 1 aliphatic heterocycles. The van der Waals surface area contributed by atoms with Gasteiger partial charge in [0.25, 0.3) is 0 Å². The number of hydrogen-bond acceptors (Lipinski definition) is 4. The van der Waals surface area contributed by atoms with Crippen LogP contribution in [0.5, 0.6) is 5.75 Å². The largest absolute Gasteiger partial charge is 0.514 e. The smallest absolute Gasteiger partial charge is 0.494 e. The standard InChI is InChI=1S/C13H20BNO3/c1-6-16-10-7-8-15-11(9-10)14-17-12(2,3)13(4,5)18-14/h7-9H,6H2,1-5H3. The Morgan fingerprint density at radius 3 is 2.39 bits per heavy atom. The molecular weight excluding hydrogens is 229 g/mol. The van der Waals surface area contributed by atoms with Crippen molar-refractivity contribution in [3.8, 4) is 5.75 Å². The number of nitrogens with zero attached hydrogens (tertiary/aromatic N) is 1. The molecule has 0 spiro atoms. The van der Waals surface area contributed by atoms with E-state index in [4.69, 9.17) is 14.0 Å². The third kappa shape index (κ3) is 2.38. The molecular formula is C13H20BNO3. The third-order valence-electron chi connectivity index (χ3n) is 3.56. The van der Waals surface area contributed by atoms with E-state index in [-0.39, 0.29) is 11.2 Å². The minimum absolute atomic E-state index is 0.346. The summed E-state index contributed by atoms with van der Waals surface area (Å²) >= 11 is 0. The molecule has 1 aromatic rings. The normalized spacial score (nSPS) is 21.1. The summed E-state index contributed by atoms with van der Waals surface area (Å²) in [7, 11) is -0.435. The lowest BCUT2D eigenvalue weighted by molar-refractivity contribution is 0.00578. The van der Waals surface area contributed by atoms with Gasteiger partial charge in [0.2, 0.25) is 0 Å². The first-order valence-electron chi connectivity index (χ1n) is 6.30. The summed E-state index contributed by atoms with van der Waals surface area (Å²) in [5.41, 5.74) is 0.0571. The van der Waals surface area contributed by atoms with E-state index in [1.807, 2.05) is 46.8 Å². The highest BCUT2D eigenvalue weighted by atomic mass is 16.7. The van der Waals surface area contributed by atoms with Crippen LogP contribution in [0.15, 0.2) is 18.3 Å². The molecule has 1 aromatic heterocycles. The zero-order chi connectivity index (χ0) is 13.4. The van der Waals surface area contributed by atoms with Crippen LogP contribution in [0.2, 0.25) is 0 Å². The van der Waals surface area contributed by atoms with Crippen LogP contribution in [-0.4, -0.2) is 29.9 Å². The van der Waals surface area contributed by atoms with Crippen LogP contribution in [0, 0.1) is 0 Å². The molecule has 0 radical (unpaired) electrons. The predicted octanol–water partition coefficient (Wildman–Crippen LogP) is 1.78. The molecule has 2 heterocycles. The number of ether oxygens (including phenoxy) is 1. The second-order valence-electron chi connectivity index (χ2n) is 5.44. The van der Waals surface area contributed by atoms with Crippen molar-refractivity contribution in [3.63, 3.8) is 0 Å². The van der Waals surface area contributed by atoms with E-state index in [9.17, 15) is 0 Å². The quantitative estimate of drug-likeness (QED) is 0.765. The highest BCUT2D eigenvalue weighted by Crippen LogP contribution is 2.36. The van der Waals surface area contributed by atoms with Crippen molar-refractivity contribution in [3.05, 3.63) is 18.3 Å². The molecule has 0 bridgehead atoms. The zero-order valence-electron chi connectivity index (χ0n) is 11.7. The van der Waals surface area contributed by atoms with E-state index in [1.165, 1.54) is 0 Å². The van der Waals surface area contributed by atoms with Gasteiger partial charge in [0, 0.05) is 6.20 Å². The van der Waals surface area contributed by atoms with Crippen LogP contribution in [0.4, 0.5) is 0 Å². The lowest BCUT2D eigenvalue weighted by Gasteiger charge is -2.32. The van der Waals surface area contributed by atoms with E-state index >= 15 is 0 Å². The molecule has 0 atom stereocenters. The summed E-state index contributed by atoms with van der Waals surface area (Å²) in [5, 5.41) is 0. The fraction of sp³-hybridized carbons (Fsp3) is 0.615. The molecule has 2 rings (SSSR count). The summed E-state index contributed by atoms with van der Waals surface area (Å²) in [6.45, 7) is 10.7. The van der Waals surface area contributed by atoms with Crippen molar-refractivity contribution in [2.45, 2.75) is 45.8 Å². The Balaban J connectivity index is 2.21. The van der Waals surface area contributed by atoms with E-state index in [0.717, 1.165) is 11.3 Å². The van der Waals surface area contributed by atoms with Crippen LogP contribution in [-0.2, 0) is 9.31 Å². The van der Waals surface area contributed by atoms with Gasteiger partial charge in [-0.25, -0.2) is 0 Å². The maximum Gasteiger partial charge on any atom is 0.514 e. The minimum atomic E-state index is -0.435. The number of hydrogen-bond donors (Lipinski definition) is 0. The maximum atomic E-state index is 5.94. The SMILES string of the molecule is CCOc1ccnc(B2OC(C)(C)C(C)(C)O2)c1. The van der Waals surface area contributed by atoms with Gasteiger partial charge in [0.1, 0.15) is 5.75 Å². The Morgan fingerprint density at radius 2 is 1.83 bits per heavy atom. The van der Waals surface area contributed by atoms with Crippen LogP contribution in [0.3, 0.4) is 0 Å². The summed E-state index contributed by atoms with van der Waals surface area (Å²) in [6.07, 6.45) is 1.71. The van der Waals surface area contributed by atoms with Gasteiger partial charge in [-0.05, 0) is 46.8 Å². The fourth-order valence-corrected chi connectivity index (χ4v) is 1.78. The van der Waals surface area contributed by atoms with Gasteiger partial charge in [-0.1, -0.05) is 0 Å². The van der Waals surface area contributed by atoms with Crippen molar-refractivity contribution in [1.29, 1.82) is 0 Å². The zero-order valence-corrected chi connectivity index (χ0v) is 11.7. The Morgan fingerprint density at radius 1 is 1.22 bits per heavy atom. The van der Waals surface area contributed by atoms with Crippen molar-refractivity contribution >= 4 is 12.7 Å². The van der Waals surface area contributed by atoms with Crippen LogP contribution >= 0.6 is 0 Å². The van der Waals surface area contributed by atoms with Crippen molar-refractivity contribution in [2.24, 2.45) is 0 Å². The molecule has 0 aliphatic carbocycles. The van der Waals surface area contributed by atoms with E-state index in [2.05, 4.69) is 4.98 Å². The van der Waals surface area contributed by atoms with Gasteiger partial charge in [0.05, 0.1) is 23.4 Å². The molecule has 0 amide bonds. The fourth-order valence-electron chi connectivity index (χ4n) is 1.78. The monoisotopic (exact) mass is 249 g/mol. The van der Waals surface area contributed by atoms with Crippen molar-refractivity contribution in [2.75, 3.05) is 6.61 Å². The number of rotatable bonds is 3. The lowest BCUT2D eigenvalue weighted by Crippen LogP contribution is -2.41. The molecule has 98 valence electrons. The number of pyridine rings is 1. The lowest BCUT2D eigenvalue weighted by atomic mass is 9.84. The molecule has 1 fully saturated rings. The molecule has 18 heavy (non-hydrogen) atoms. The van der Waals surface area contributed by atoms with Crippen molar-refractivity contribution in [1.82, 2.24) is 4.98 Å². The Labute approximate surface area is 109 Å². The van der Waals surface area contributed by atoms with Gasteiger partial charge >= 0.3 is 7.12 Å². The van der Waals surface area contributed by atoms with E-state index in [0.29, 0.717) is 6.61 Å². The van der Waals surface area contributed by atoms with Crippen molar-refractivity contribution < 1.29 is 14.0 Å². The van der Waals surface area contributed by atoms with Gasteiger partial charge in [-0.15, -0.1) is 0 Å². The maximum absolute atomic E-state index is 5.94. The van der Waals surface area contributed by atoms with Gasteiger partial charge in [-0.2, -0.15) is 0 Å². The average Bonchev–Trinajstić information content (AvgIpc) is 2.49. The predicted molar refractivity (Wildman–Crippen MR) is 71.1 cm³/mol. The van der Waals surface area contributed by atoms with Crippen LogP contribution < -0.4 is 10.3 Å². The van der Waals surface area contributed by atoms with Gasteiger partial charge in [-0.3, -0.25) is 4.98 Å². The first-order chi connectivity index (χ1) is 8.36. The number of aromatic nitrogens is 1. The van der Waals surface area contributed by atoms with E-state index < -0.39 is 7.12 Å². The summed E-state index contributed by atoms with van der Waals surface area (Å²) in [6, 6.07) is 3.70. The van der Waals surface area contributed by atoms with Crippen LogP contribution in [0.1, 0.15) is 34.6 Å². The third-order valence-corrected chi connectivity index (χ3v) is 3.56. The minimum Gasteiger partial charge on any atom is -0.494 e. The Bertz CT molecular complexity index is 418. The highest BCUT2D eigenvalue weighted by molar-refractivity contribution is 6.61. The topological polar surface area (TPSA) is 40.6 Å².